The number of hydrogen-bond donors (Lipinski definition) is 3. The molecule has 2 aliphatic rings. The zero-order valence-electron chi connectivity index (χ0n) is 28.1. The number of imidazole rings is 2. The first-order valence-corrected chi connectivity index (χ1v) is 18.8. The van der Waals surface area contributed by atoms with Crippen LogP contribution in [0, 0.1) is 0 Å². The molecule has 2 aliphatic heterocycles. The Labute approximate surface area is 287 Å². The molecule has 0 amide bonds. The minimum absolute atomic E-state index is 0.0375. The highest BCUT2D eigenvalue weighted by Gasteiger charge is 2.46. The standard InChI is InChI=1S/C27H41N12O9PS/c1-6-43-16-7-20(38-13-34-22-24(28)30-11-32-26(22)38)47-19(16)10-45-49(40,36-50(41,42)37(4)5)48-17-8-21(46-18(17)9-44-15(2)3)39-14-35-23-25(29)31-12-33-27(23)39/h11-21H,6-10H2,1-5H3,(H,36,40)(H2,28,30,32)(H2,29,31,33)/t16-,17-,18?,19?,20-,21-,49?/m1/s1. The minimum Gasteiger partial charge on any atom is -0.382 e. The molecular formula is C27H41N12O9PS. The molecule has 0 bridgehead atoms. The normalized spacial score (nSPS) is 25.7. The van der Waals surface area contributed by atoms with E-state index < -0.39 is 54.8 Å². The van der Waals surface area contributed by atoms with Crippen LogP contribution < -0.4 is 16.0 Å². The van der Waals surface area contributed by atoms with Gasteiger partial charge >= 0.3 is 7.75 Å². The molecule has 23 heteroatoms. The number of nitrogens with one attached hydrogen (secondary N) is 1. The van der Waals surface area contributed by atoms with Gasteiger partial charge in [-0.15, -0.1) is 4.49 Å². The van der Waals surface area contributed by atoms with Crippen molar-refractivity contribution in [1.82, 2.24) is 47.8 Å². The highest BCUT2D eigenvalue weighted by atomic mass is 32.2. The van der Waals surface area contributed by atoms with E-state index in [4.69, 9.17) is 39.5 Å². The maximum absolute atomic E-state index is 14.5. The Morgan fingerprint density at radius 2 is 1.46 bits per heavy atom. The first kappa shape index (κ1) is 36.4. The molecule has 0 saturated carbocycles. The maximum Gasteiger partial charge on any atom is 0.420 e. The molecule has 5 N–H and O–H groups in total. The van der Waals surface area contributed by atoms with Gasteiger partial charge < -0.3 is 30.4 Å². The molecule has 4 aromatic rings. The lowest BCUT2D eigenvalue weighted by Crippen LogP contribution is -2.38. The molecule has 21 nitrogen and oxygen atoms in total. The molecule has 2 saturated heterocycles. The van der Waals surface area contributed by atoms with E-state index in [1.54, 1.807) is 9.13 Å². The van der Waals surface area contributed by atoms with E-state index in [0.29, 0.717) is 35.4 Å². The van der Waals surface area contributed by atoms with Crippen LogP contribution >= 0.6 is 7.75 Å². The number of nitrogens with two attached hydrogens (primary N) is 2. The average Bonchev–Trinajstić information content (AvgIpc) is 3.84. The molecule has 50 heavy (non-hydrogen) atoms. The highest BCUT2D eigenvalue weighted by Crippen LogP contribution is 2.50. The Balaban J connectivity index is 1.25. The molecule has 7 atom stereocenters. The van der Waals surface area contributed by atoms with Crippen LogP contribution in [0.4, 0.5) is 11.6 Å². The van der Waals surface area contributed by atoms with Gasteiger partial charge in [0, 0.05) is 33.5 Å². The fraction of sp³-hybridized carbons (Fsp3) is 0.630. The van der Waals surface area contributed by atoms with E-state index >= 15 is 0 Å². The number of hydrogen-bond acceptors (Lipinski definition) is 17. The molecule has 0 spiro atoms. The summed E-state index contributed by atoms with van der Waals surface area (Å²) in [6, 6.07) is 0. The number of fused-ring (bicyclic) bond motifs is 2. The second kappa shape index (κ2) is 14.7. The van der Waals surface area contributed by atoms with Crippen LogP contribution in [-0.4, -0.2) is 116 Å². The highest BCUT2D eigenvalue weighted by molar-refractivity contribution is 7.92. The van der Waals surface area contributed by atoms with E-state index in [0.717, 1.165) is 4.31 Å². The fourth-order valence-electron chi connectivity index (χ4n) is 5.64. The minimum atomic E-state index is -4.69. The molecular weight excluding hydrogens is 699 g/mol. The van der Waals surface area contributed by atoms with Gasteiger partial charge in [0.1, 0.15) is 54.5 Å². The second-order valence-corrected chi connectivity index (χ2v) is 16.0. The summed E-state index contributed by atoms with van der Waals surface area (Å²) in [4.78, 5) is 25.2. The van der Waals surface area contributed by atoms with Crippen molar-refractivity contribution in [2.75, 3.05) is 45.4 Å². The fourth-order valence-corrected chi connectivity index (χ4v) is 8.79. The van der Waals surface area contributed by atoms with E-state index in [-0.39, 0.29) is 37.4 Å². The van der Waals surface area contributed by atoms with Crippen molar-refractivity contribution in [3.63, 3.8) is 0 Å². The van der Waals surface area contributed by atoms with Crippen LogP contribution in [0.25, 0.3) is 22.3 Å². The van der Waals surface area contributed by atoms with Crippen molar-refractivity contribution in [1.29, 1.82) is 0 Å². The third-order valence-corrected chi connectivity index (χ3v) is 11.9. The Hall–Kier alpha value is -3.44. The van der Waals surface area contributed by atoms with Crippen LogP contribution in [-0.2, 0) is 42.8 Å². The van der Waals surface area contributed by atoms with Gasteiger partial charge in [0.25, 0.3) is 10.2 Å². The monoisotopic (exact) mass is 740 g/mol. The molecule has 6 heterocycles. The van der Waals surface area contributed by atoms with Crippen molar-refractivity contribution >= 4 is 51.9 Å². The maximum atomic E-state index is 14.5. The number of nitrogen functional groups attached to an aromatic ring is 2. The summed E-state index contributed by atoms with van der Waals surface area (Å²) in [6.07, 6.45) is 1.51. The number of ether oxygens (including phenoxy) is 4. The van der Waals surface area contributed by atoms with Gasteiger partial charge in [-0.3, -0.25) is 18.2 Å². The molecule has 6 rings (SSSR count). The first-order valence-electron chi connectivity index (χ1n) is 15.8. The molecule has 2 fully saturated rings. The van der Waals surface area contributed by atoms with Gasteiger partial charge in [-0.25, -0.2) is 34.5 Å². The topological polar surface area (TPSA) is 261 Å². The largest absolute Gasteiger partial charge is 0.420 e. The van der Waals surface area contributed by atoms with Gasteiger partial charge in [0.2, 0.25) is 0 Å². The van der Waals surface area contributed by atoms with Crippen LogP contribution in [0.3, 0.4) is 0 Å². The van der Waals surface area contributed by atoms with Crippen molar-refractivity contribution in [3.8, 4) is 0 Å². The number of nitrogens with zero attached hydrogens (tertiary/aromatic N) is 9. The van der Waals surface area contributed by atoms with E-state index in [1.807, 2.05) is 20.8 Å². The third-order valence-electron chi connectivity index (χ3n) is 8.12. The third kappa shape index (κ3) is 7.59. The van der Waals surface area contributed by atoms with Crippen molar-refractivity contribution in [3.05, 3.63) is 25.3 Å². The zero-order valence-corrected chi connectivity index (χ0v) is 29.8. The van der Waals surface area contributed by atoms with Crippen LogP contribution in [0.1, 0.15) is 46.1 Å². The SMILES string of the molecule is CCO[C@@H]1C[C@H](n2cnc3c(N)ncnc32)OC1COP(=O)(NS(=O)(=O)N(C)C)O[C@@H]1C[C@H](n2cnc3c(N)ncnc32)OC1COC(C)C. The summed E-state index contributed by atoms with van der Waals surface area (Å²) in [7, 11) is -6.47. The average molecular weight is 741 g/mol. The summed E-state index contributed by atoms with van der Waals surface area (Å²) >= 11 is 0. The van der Waals surface area contributed by atoms with Crippen molar-refractivity contribution < 1.29 is 41.0 Å². The molecule has 0 aromatic carbocycles. The number of aromatic nitrogens is 8. The Morgan fingerprint density at radius 1 is 0.920 bits per heavy atom. The number of anilines is 2. The summed E-state index contributed by atoms with van der Waals surface area (Å²) in [6.45, 7) is 5.53. The first-order chi connectivity index (χ1) is 23.8. The summed E-state index contributed by atoms with van der Waals surface area (Å²) in [5.74, 6) is 0.406. The molecule has 0 radical (unpaired) electrons. The Morgan fingerprint density at radius 3 is 1.98 bits per heavy atom. The molecule has 0 aliphatic carbocycles. The number of rotatable bonds is 15. The predicted molar refractivity (Wildman–Crippen MR) is 177 cm³/mol. The molecule has 3 unspecified atom stereocenters. The lowest BCUT2D eigenvalue weighted by molar-refractivity contribution is -0.0742. The summed E-state index contributed by atoms with van der Waals surface area (Å²) < 4.78 is 83.3. The quantitative estimate of drug-likeness (QED) is 0.144. The molecule has 4 aromatic heterocycles. The van der Waals surface area contributed by atoms with E-state index in [1.165, 1.54) is 39.4 Å². The van der Waals surface area contributed by atoms with Crippen LogP contribution in [0.2, 0.25) is 0 Å². The second-order valence-electron chi connectivity index (χ2n) is 12.1. The lowest BCUT2D eigenvalue weighted by Gasteiger charge is -2.27. The van der Waals surface area contributed by atoms with Gasteiger partial charge in [-0.05, 0) is 20.8 Å². The van der Waals surface area contributed by atoms with Crippen LogP contribution in [0.5, 0.6) is 0 Å². The van der Waals surface area contributed by atoms with Gasteiger partial charge in [-0.1, -0.05) is 0 Å². The van der Waals surface area contributed by atoms with Gasteiger partial charge in [-0.2, -0.15) is 12.7 Å². The summed E-state index contributed by atoms with van der Waals surface area (Å²) in [5, 5.41) is 0. The van der Waals surface area contributed by atoms with Crippen molar-refractivity contribution in [2.24, 2.45) is 0 Å². The van der Waals surface area contributed by atoms with Crippen LogP contribution in [0.15, 0.2) is 25.3 Å². The Kier molecular flexibility index (Phi) is 10.7. The van der Waals surface area contributed by atoms with E-state index in [9.17, 15) is 13.0 Å². The zero-order chi connectivity index (χ0) is 35.8. The summed E-state index contributed by atoms with van der Waals surface area (Å²) in [5.41, 5.74) is 13.6. The molecule has 274 valence electrons. The predicted octanol–water partition coefficient (Wildman–Crippen LogP) is 1.14. The van der Waals surface area contributed by atoms with E-state index in [2.05, 4.69) is 34.4 Å². The van der Waals surface area contributed by atoms with Gasteiger partial charge in [0.05, 0.1) is 38.1 Å². The van der Waals surface area contributed by atoms with Crippen molar-refractivity contribution in [2.45, 2.75) is 76.6 Å². The van der Waals surface area contributed by atoms with Gasteiger partial charge in [0.15, 0.2) is 22.9 Å². The Bertz CT molecular complexity index is 1960. The smallest absolute Gasteiger partial charge is 0.382 e. The lowest BCUT2D eigenvalue weighted by atomic mass is 10.2.